The molecule has 0 bridgehead atoms. The Hall–Kier alpha value is -0.200. The Balaban J connectivity index is 1.62. The first kappa shape index (κ1) is 14.7. The number of hydrogen-bond acceptors (Lipinski definition) is 5. The van der Waals surface area contributed by atoms with Crippen molar-refractivity contribution >= 4 is 0 Å². The molecule has 0 radical (unpaired) electrons. The number of nitrogens with two attached hydrogens (primary N) is 1. The number of likely N-dealkylation sites (tertiary alicyclic amines) is 2. The van der Waals surface area contributed by atoms with Gasteiger partial charge < -0.3 is 15.4 Å². The Bertz CT molecular complexity index is 321. The molecule has 20 heavy (non-hydrogen) atoms. The van der Waals surface area contributed by atoms with Crippen molar-refractivity contribution < 1.29 is 4.74 Å². The smallest absolute Gasteiger partial charge is 0.0594 e. The SMILES string of the molecule is CN1CCCC(CN)(N2CCC(N3CCOCC3)C2)C1. The monoisotopic (exact) mass is 282 g/mol. The lowest BCUT2D eigenvalue weighted by Crippen LogP contribution is -2.61. The van der Waals surface area contributed by atoms with Gasteiger partial charge in [0.2, 0.25) is 0 Å². The first-order valence-electron chi connectivity index (χ1n) is 8.19. The summed E-state index contributed by atoms with van der Waals surface area (Å²) in [6, 6.07) is 0.717. The second-order valence-corrected chi connectivity index (χ2v) is 6.81. The van der Waals surface area contributed by atoms with Crippen LogP contribution < -0.4 is 5.73 Å². The fraction of sp³-hybridized carbons (Fsp3) is 1.00. The highest BCUT2D eigenvalue weighted by molar-refractivity contribution is 5.01. The Morgan fingerprint density at radius 3 is 2.70 bits per heavy atom. The maximum atomic E-state index is 6.20. The molecule has 3 saturated heterocycles. The van der Waals surface area contributed by atoms with Crippen LogP contribution in [0.2, 0.25) is 0 Å². The Kier molecular flexibility index (Phi) is 4.62. The van der Waals surface area contributed by atoms with Crippen LogP contribution in [0.4, 0.5) is 0 Å². The van der Waals surface area contributed by atoms with Gasteiger partial charge in [-0.25, -0.2) is 0 Å². The lowest BCUT2D eigenvalue weighted by atomic mass is 9.87. The highest BCUT2D eigenvalue weighted by Crippen LogP contribution is 2.31. The minimum atomic E-state index is 0.230. The summed E-state index contributed by atoms with van der Waals surface area (Å²) in [5.41, 5.74) is 6.43. The van der Waals surface area contributed by atoms with Gasteiger partial charge in [0.05, 0.1) is 13.2 Å². The minimum absolute atomic E-state index is 0.230. The third-order valence-electron chi connectivity index (χ3n) is 5.52. The highest BCUT2D eigenvalue weighted by Gasteiger charge is 2.43. The van der Waals surface area contributed by atoms with Crippen LogP contribution in [-0.2, 0) is 4.74 Å². The Morgan fingerprint density at radius 2 is 2.00 bits per heavy atom. The summed E-state index contributed by atoms with van der Waals surface area (Å²) in [5.74, 6) is 0. The van der Waals surface area contributed by atoms with E-state index >= 15 is 0 Å². The fourth-order valence-electron chi connectivity index (χ4n) is 4.31. The van der Waals surface area contributed by atoms with Crippen molar-refractivity contribution in [3.8, 4) is 0 Å². The summed E-state index contributed by atoms with van der Waals surface area (Å²) >= 11 is 0. The molecule has 0 aromatic carbocycles. The Morgan fingerprint density at radius 1 is 1.20 bits per heavy atom. The number of piperidine rings is 1. The summed E-state index contributed by atoms with van der Waals surface area (Å²) in [6.45, 7) is 9.59. The maximum Gasteiger partial charge on any atom is 0.0594 e. The van der Waals surface area contributed by atoms with Gasteiger partial charge in [0.1, 0.15) is 0 Å². The summed E-state index contributed by atoms with van der Waals surface area (Å²) in [6.07, 6.45) is 3.85. The van der Waals surface area contributed by atoms with E-state index in [0.29, 0.717) is 0 Å². The van der Waals surface area contributed by atoms with Gasteiger partial charge in [0.15, 0.2) is 0 Å². The number of ether oxygens (including phenoxy) is 1. The van der Waals surface area contributed by atoms with Gasteiger partial charge in [0, 0.05) is 50.8 Å². The van der Waals surface area contributed by atoms with Crippen LogP contribution in [0.5, 0.6) is 0 Å². The predicted molar refractivity (Wildman–Crippen MR) is 80.9 cm³/mol. The van der Waals surface area contributed by atoms with Crippen LogP contribution in [0.15, 0.2) is 0 Å². The van der Waals surface area contributed by atoms with Crippen LogP contribution in [0.25, 0.3) is 0 Å². The standard InChI is InChI=1S/C15H30N4O/c1-17-5-2-4-15(12-16,13-17)19-6-3-14(11-19)18-7-9-20-10-8-18/h14H,2-13,16H2,1H3. The number of nitrogens with zero attached hydrogens (tertiary/aromatic N) is 3. The van der Waals surface area contributed by atoms with E-state index in [0.717, 1.165) is 45.4 Å². The number of rotatable bonds is 3. The minimum Gasteiger partial charge on any atom is -0.379 e. The van der Waals surface area contributed by atoms with E-state index in [1.165, 1.54) is 38.9 Å². The van der Waals surface area contributed by atoms with E-state index in [1.807, 2.05) is 0 Å². The van der Waals surface area contributed by atoms with Crippen molar-refractivity contribution in [1.29, 1.82) is 0 Å². The molecule has 0 spiro atoms. The van der Waals surface area contributed by atoms with E-state index in [4.69, 9.17) is 10.5 Å². The van der Waals surface area contributed by atoms with Crippen molar-refractivity contribution in [1.82, 2.24) is 14.7 Å². The topological polar surface area (TPSA) is 45.0 Å². The number of morpholine rings is 1. The van der Waals surface area contributed by atoms with Gasteiger partial charge in [-0.1, -0.05) is 0 Å². The average molecular weight is 282 g/mol. The van der Waals surface area contributed by atoms with E-state index in [1.54, 1.807) is 0 Å². The number of likely N-dealkylation sites (N-methyl/N-ethyl adjacent to an activating group) is 1. The molecule has 2 atom stereocenters. The Labute approximate surface area is 123 Å². The van der Waals surface area contributed by atoms with Gasteiger partial charge >= 0.3 is 0 Å². The molecule has 3 fully saturated rings. The second-order valence-electron chi connectivity index (χ2n) is 6.81. The van der Waals surface area contributed by atoms with Crippen molar-refractivity contribution in [2.24, 2.45) is 5.73 Å². The highest BCUT2D eigenvalue weighted by atomic mass is 16.5. The molecule has 116 valence electrons. The predicted octanol–water partition coefficient (Wildman–Crippen LogP) is -0.184. The molecule has 2 N–H and O–H groups in total. The fourth-order valence-corrected chi connectivity index (χ4v) is 4.31. The van der Waals surface area contributed by atoms with E-state index in [-0.39, 0.29) is 5.54 Å². The largest absolute Gasteiger partial charge is 0.379 e. The molecule has 3 aliphatic heterocycles. The molecule has 0 aromatic rings. The molecule has 2 unspecified atom stereocenters. The third-order valence-corrected chi connectivity index (χ3v) is 5.52. The molecule has 5 heteroatoms. The van der Waals surface area contributed by atoms with E-state index < -0.39 is 0 Å². The third kappa shape index (κ3) is 2.88. The zero-order chi connectivity index (χ0) is 14.0. The molecule has 0 aromatic heterocycles. The van der Waals surface area contributed by atoms with Crippen LogP contribution >= 0.6 is 0 Å². The lowest BCUT2D eigenvalue weighted by molar-refractivity contribution is 0.00726. The second kappa shape index (κ2) is 6.28. The first-order chi connectivity index (χ1) is 9.73. The summed E-state index contributed by atoms with van der Waals surface area (Å²) in [4.78, 5) is 7.78. The first-order valence-corrected chi connectivity index (χ1v) is 8.19. The van der Waals surface area contributed by atoms with Crippen molar-refractivity contribution in [2.45, 2.75) is 30.8 Å². The molecular formula is C15H30N4O. The lowest BCUT2D eigenvalue weighted by Gasteiger charge is -2.47. The number of hydrogen-bond donors (Lipinski definition) is 1. The summed E-state index contributed by atoms with van der Waals surface area (Å²) in [5, 5.41) is 0. The van der Waals surface area contributed by atoms with Crippen LogP contribution in [0.3, 0.4) is 0 Å². The summed E-state index contributed by atoms with van der Waals surface area (Å²) < 4.78 is 5.48. The zero-order valence-electron chi connectivity index (χ0n) is 12.9. The maximum absolute atomic E-state index is 6.20. The average Bonchev–Trinajstić information content (AvgIpc) is 2.98. The molecule has 3 aliphatic rings. The zero-order valence-corrected chi connectivity index (χ0v) is 12.9. The summed E-state index contributed by atoms with van der Waals surface area (Å²) in [7, 11) is 2.24. The molecule has 3 rings (SSSR count). The van der Waals surface area contributed by atoms with Gasteiger partial charge in [-0.2, -0.15) is 0 Å². The van der Waals surface area contributed by atoms with Crippen molar-refractivity contribution in [3.05, 3.63) is 0 Å². The van der Waals surface area contributed by atoms with Gasteiger partial charge in [-0.05, 0) is 32.9 Å². The van der Waals surface area contributed by atoms with Crippen molar-refractivity contribution in [3.63, 3.8) is 0 Å². The van der Waals surface area contributed by atoms with E-state index in [2.05, 4.69) is 21.7 Å². The molecule has 0 saturated carbocycles. The molecule has 0 aliphatic carbocycles. The molecular weight excluding hydrogens is 252 g/mol. The van der Waals surface area contributed by atoms with E-state index in [9.17, 15) is 0 Å². The van der Waals surface area contributed by atoms with Gasteiger partial charge in [0.25, 0.3) is 0 Å². The van der Waals surface area contributed by atoms with Crippen LogP contribution in [-0.4, -0.2) is 92.4 Å². The van der Waals surface area contributed by atoms with Gasteiger partial charge in [-0.15, -0.1) is 0 Å². The van der Waals surface area contributed by atoms with Crippen LogP contribution in [0.1, 0.15) is 19.3 Å². The van der Waals surface area contributed by atoms with Crippen LogP contribution in [0, 0.1) is 0 Å². The normalized spacial score (nSPS) is 38.4. The van der Waals surface area contributed by atoms with Crippen molar-refractivity contribution in [2.75, 3.05) is 66.1 Å². The molecule has 5 nitrogen and oxygen atoms in total. The quantitative estimate of drug-likeness (QED) is 0.778. The van der Waals surface area contributed by atoms with Gasteiger partial charge in [-0.3, -0.25) is 9.80 Å². The molecule has 3 heterocycles. The molecule has 0 amide bonds.